The number of nitrogen functional groups attached to an aromatic ring is 1. The van der Waals surface area contributed by atoms with Gasteiger partial charge in [-0.2, -0.15) is 10.3 Å². The molecule has 0 fully saturated rings. The number of hydrogen-bond acceptors (Lipinski definition) is 2. The number of rotatable bonds is 4. The molecule has 144 valence electrons. The molecular formula is C23H31N3S. The zero-order valence-electron chi connectivity index (χ0n) is 16.9. The molecule has 0 spiro atoms. The fourth-order valence-electron chi connectivity index (χ4n) is 3.12. The standard InChI is InChI=1S/C23H31N3S/c1-7-19-11-9-10-12-22(19)26(5)23(25-8-2)18(4)16-27(6)20-13-14-21(24)17(3)15-20/h6-7,10,12-16,27H,1,8-9,11,24H2,2-5H3/b18-16-,25-23+. The van der Waals surface area contributed by atoms with Crippen LogP contribution in [0.1, 0.15) is 32.3 Å². The third kappa shape index (κ3) is 5.06. The summed E-state index contributed by atoms with van der Waals surface area (Å²) in [6.07, 6.45) is 8.38. The number of aryl methyl sites for hydroxylation is 1. The van der Waals surface area contributed by atoms with Gasteiger partial charge in [-0.3, -0.25) is 4.99 Å². The molecule has 1 aromatic rings. The van der Waals surface area contributed by atoms with Crippen molar-refractivity contribution in [2.45, 2.75) is 38.5 Å². The summed E-state index contributed by atoms with van der Waals surface area (Å²) in [5, 5.41) is 2.13. The van der Waals surface area contributed by atoms with Gasteiger partial charge in [-0.25, -0.2) is 0 Å². The Morgan fingerprint density at radius 1 is 1.44 bits per heavy atom. The molecule has 1 unspecified atom stereocenters. The largest absolute Gasteiger partial charge is 0.399 e. The van der Waals surface area contributed by atoms with E-state index < -0.39 is 10.3 Å². The van der Waals surface area contributed by atoms with E-state index in [2.05, 4.69) is 56.0 Å². The Labute approximate surface area is 166 Å². The summed E-state index contributed by atoms with van der Waals surface area (Å²) in [4.78, 5) is 8.01. The zero-order valence-corrected chi connectivity index (χ0v) is 17.8. The minimum Gasteiger partial charge on any atom is -0.399 e. The van der Waals surface area contributed by atoms with Crippen molar-refractivity contribution in [1.82, 2.24) is 4.90 Å². The quantitative estimate of drug-likeness (QED) is 0.310. The number of benzene rings is 1. The number of amidine groups is 1. The van der Waals surface area contributed by atoms with Gasteiger partial charge in [0, 0.05) is 29.9 Å². The van der Waals surface area contributed by atoms with Gasteiger partial charge in [0.05, 0.1) is 0 Å². The third-order valence-electron chi connectivity index (χ3n) is 4.66. The highest BCUT2D eigenvalue weighted by Crippen LogP contribution is 2.30. The van der Waals surface area contributed by atoms with Gasteiger partial charge in [-0.1, -0.05) is 18.7 Å². The first-order chi connectivity index (χ1) is 12.9. The normalized spacial score (nSPS) is 16.4. The van der Waals surface area contributed by atoms with Gasteiger partial charge in [0.15, 0.2) is 0 Å². The second-order valence-electron chi connectivity index (χ2n) is 6.67. The molecule has 0 saturated heterocycles. The molecule has 3 nitrogen and oxygen atoms in total. The van der Waals surface area contributed by atoms with Crippen molar-refractivity contribution >= 4 is 21.8 Å². The van der Waals surface area contributed by atoms with Gasteiger partial charge in [-0.15, -0.1) is 5.69 Å². The molecule has 27 heavy (non-hydrogen) atoms. The minimum atomic E-state index is -0.923. The smallest absolute Gasteiger partial charge is 0.131 e. The van der Waals surface area contributed by atoms with Gasteiger partial charge in [0.25, 0.3) is 0 Å². The van der Waals surface area contributed by atoms with E-state index in [1.165, 1.54) is 5.57 Å². The average Bonchev–Trinajstić information content (AvgIpc) is 2.67. The Hall–Kier alpha value is -2.42. The molecule has 0 saturated carbocycles. The lowest BCUT2D eigenvalue weighted by atomic mass is 10.0. The van der Waals surface area contributed by atoms with Crippen molar-refractivity contribution in [3.8, 4) is 5.69 Å². The van der Waals surface area contributed by atoms with E-state index in [4.69, 9.17) is 16.4 Å². The van der Waals surface area contributed by atoms with Crippen molar-refractivity contribution in [3.63, 3.8) is 0 Å². The first kappa shape index (κ1) is 20.9. The van der Waals surface area contributed by atoms with Gasteiger partial charge in [0.1, 0.15) is 5.84 Å². The third-order valence-corrected chi connectivity index (χ3v) is 6.20. The van der Waals surface area contributed by atoms with Crippen molar-refractivity contribution < 1.29 is 0 Å². The van der Waals surface area contributed by atoms with Crippen LogP contribution in [0.2, 0.25) is 0 Å². The number of thiol groups is 1. The van der Waals surface area contributed by atoms with E-state index >= 15 is 0 Å². The van der Waals surface area contributed by atoms with Crippen molar-refractivity contribution in [2.75, 3.05) is 19.3 Å². The van der Waals surface area contributed by atoms with Crippen LogP contribution >= 0.6 is 10.3 Å². The van der Waals surface area contributed by atoms with Crippen LogP contribution in [0, 0.1) is 12.6 Å². The van der Waals surface area contributed by atoms with Gasteiger partial charge < -0.3 is 10.6 Å². The summed E-state index contributed by atoms with van der Waals surface area (Å²) in [5.41, 5.74) is 17.8. The predicted octanol–water partition coefficient (Wildman–Crippen LogP) is 5.57. The number of likely N-dealkylation sites (N-methyl/N-ethyl adjacent to an activating group) is 1. The Morgan fingerprint density at radius 3 is 2.81 bits per heavy atom. The SMILES string of the molecule is C#[SH](/C=C(C)\C(=N/CC)N(C)C1=C(C=C)CCC=C1)c1ccc(N)c(C)c1. The molecule has 2 N–H and O–H groups in total. The molecule has 0 heterocycles. The zero-order chi connectivity index (χ0) is 20.0. The lowest BCUT2D eigenvalue weighted by Gasteiger charge is -2.27. The Kier molecular flexibility index (Phi) is 7.35. The van der Waals surface area contributed by atoms with Crippen molar-refractivity contribution in [1.29, 1.82) is 0 Å². The topological polar surface area (TPSA) is 41.6 Å². The summed E-state index contributed by atoms with van der Waals surface area (Å²) < 4.78 is 0. The summed E-state index contributed by atoms with van der Waals surface area (Å²) in [6.45, 7) is 10.8. The van der Waals surface area contributed by atoms with E-state index in [9.17, 15) is 0 Å². The fourth-order valence-corrected chi connectivity index (χ4v) is 4.39. The van der Waals surface area contributed by atoms with Gasteiger partial charge in [0.2, 0.25) is 0 Å². The van der Waals surface area contributed by atoms with Crippen LogP contribution in [-0.2, 0) is 0 Å². The summed E-state index contributed by atoms with van der Waals surface area (Å²) in [5.74, 6) is 0.948. The Balaban J connectivity index is 2.37. The molecule has 4 heteroatoms. The van der Waals surface area contributed by atoms with E-state index in [0.717, 1.165) is 52.6 Å². The lowest BCUT2D eigenvalue weighted by Crippen LogP contribution is -2.28. The average molecular weight is 382 g/mol. The van der Waals surface area contributed by atoms with Crippen molar-refractivity contribution in [3.05, 3.63) is 70.8 Å². The number of allylic oxidation sites excluding steroid dienone is 4. The van der Waals surface area contributed by atoms with E-state index in [1.54, 1.807) is 0 Å². The number of anilines is 1. The molecule has 0 bridgehead atoms. The first-order valence-electron chi connectivity index (χ1n) is 9.28. The van der Waals surface area contributed by atoms with E-state index in [1.807, 2.05) is 25.1 Å². The molecule has 1 aliphatic carbocycles. The molecule has 1 aromatic carbocycles. The summed E-state index contributed by atoms with van der Waals surface area (Å²) >= 11 is 0. The second-order valence-corrected chi connectivity index (χ2v) is 8.26. The lowest BCUT2D eigenvalue weighted by molar-refractivity contribution is 0.625. The summed E-state index contributed by atoms with van der Waals surface area (Å²) in [6, 6.07) is 6.02. The van der Waals surface area contributed by atoms with Crippen molar-refractivity contribution in [2.24, 2.45) is 4.99 Å². The number of nitrogens with two attached hydrogens (primary N) is 1. The van der Waals surface area contributed by atoms with Crippen LogP contribution in [0.5, 0.6) is 0 Å². The molecular weight excluding hydrogens is 350 g/mol. The minimum absolute atomic E-state index is 0.717. The molecule has 1 atom stereocenters. The number of hydrogen-bond donors (Lipinski definition) is 2. The fraction of sp³-hybridized carbons (Fsp3) is 0.304. The van der Waals surface area contributed by atoms with Crippen LogP contribution in [0.3, 0.4) is 0 Å². The van der Waals surface area contributed by atoms with Crippen LogP contribution in [-0.4, -0.2) is 24.3 Å². The van der Waals surface area contributed by atoms with E-state index in [0.29, 0.717) is 0 Å². The predicted molar refractivity (Wildman–Crippen MR) is 123 cm³/mol. The van der Waals surface area contributed by atoms with Crippen LogP contribution in [0.15, 0.2) is 75.1 Å². The maximum absolute atomic E-state index is 6.51. The first-order valence-corrected chi connectivity index (χ1v) is 10.8. The van der Waals surface area contributed by atoms with E-state index in [-0.39, 0.29) is 0 Å². The maximum Gasteiger partial charge on any atom is 0.131 e. The molecule has 0 aliphatic heterocycles. The highest BCUT2D eigenvalue weighted by atomic mass is 32.2. The highest BCUT2D eigenvalue weighted by Gasteiger charge is 2.16. The maximum atomic E-state index is 6.51. The van der Waals surface area contributed by atoms with Crippen LogP contribution in [0.25, 0.3) is 0 Å². The molecule has 0 amide bonds. The van der Waals surface area contributed by atoms with Gasteiger partial charge >= 0.3 is 0 Å². The molecule has 1 aliphatic rings. The Bertz CT molecular complexity index is 907. The van der Waals surface area contributed by atoms with Gasteiger partial charge in [-0.05, 0) is 80.0 Å². The number of aliphatic imine (C=N–C) groups is 1. The highest BCUT2D eigenvalue weighted by molar-refractivity contribution is 8.09. The second kappa shape index (κ2) is 9.50. The van der Waals surface area contributed by atoms with Crippen LogP contribution < -0.4 is 5.73 Å². The Morgan fingerprint density at radius 2 is 2.19 bits per heavy atom. The molecule has 0 aromatic heterocycles. The monoisotopic (exact) mass is 381 g/mol. The van der Waals surface area contributed by atoms with Crippen LogP contribution in [0.4, 0.5) is 5.69 Å². The molecule has 0 radical (unpaired) electrons. The molecule has 2 rings (SSSR count). The summed E-state index contributed by atoms with van der Waals surface area (Å²) in [7, 11) is 1.14. The number of nitrogens with zero attached hydrogens (tertiary/aromatic N) is 2.